The molecule has 1 amide bonds. The van der Waals surface area contributed by atoms with Crippen molar-refractivity contribution in [3.05, 3.63) is 71.8 Å². The highest BCUT2D eigenvalue weighted by molar-refractivity contribution is 7.98. The van der Waals surface area contributed by atoms with Gasteiger partial charge in [-0.05, 0) is 28.5 Å². The van der Waals surface area contributed by atoms with Crippen LogP contribution in [0.4, 0.5) is 5.82 Å². The molecular weight excluding hydrogens is 406 g/mol. The Morgan fingerprint density at radius 2 is 2.10 bits per heavy atom. The number of hydrogen-bond donors (Lipinski definition) is 2. The number of pyridine rings is 1. The molecule has 0 atom stereocenters. The summed E-state index contributed by atoms with van der Waals surface area (Å²) in [4.78, 5) is 17.7. The number of hydrazone groups is 1. The van der Waals surface area contributed by atoms with Crippen LogP contribution in [0, 0.1) is 0 Å². The van der Waals surface area contributed by atoms with Crippen LogP contribution in [0.15, 0.2) is 69.5 Å². The third-order valence-electron chi connectivity index (χ3n) is 3.86. The Morgan fingerprint density at radius 3 is 2.83 bits per heavy atom. The van der Waals surface area contributed by atoms with Crippen LogP contribution in [-0.4, -0.2) is 42.4 Å². The molecule has 0 spiro atoms. The number of nitrogens with two attached hydrogens (primary N) is 1. The zero-order chi connectivity index (χ0) is 20.8. The molecule has 150 valence electrons. The highest BCUT2D eigenvalue weighted by atomic mass is 32.2. The Kier molecular flexibility index (Phi) is 5.75. The number of hydrogen-bond acceptors (Lipinski definition) is 10. The van der Waals surface area contributed by atoms with E-state index in [1.165, 1.54) is 22.7 Å². The highest BCUT2D eigenvalue weighted by Gasteiger charge is 2.23. The lowest BCUT2D eigenvalue weighted by molar-refractivity contribution is 0.0949. The number of thioether (sulfide) groups is 1. The van der Waals surface area contributed by atoms with Gasteiger partial charge in [0, 0.05) is 28.6 Å². The van der Waals surface area contributed by atoms with E-state index in [1.807, 2.05) is 30.3 Å². The maximum absolute atomic E-state index is 12.7. The smallest absolute Gasteiger partial charge is 0.293 e. The predicted octanol–water partition coefficient (Wildman–Crippen LogP) is 1.68. The first-order chi connectivity index (χ1) is 14.7. The van der Waals surface area contributed by atoms with Gasteiger partial charge in [-0.15, -0.1) is 16.9 Å². The van der Waals surface area contributed by atoms with E-state index in [0.717, 1.165) is 10.5 Å². The van der Waals surface area contributed by atoms with Gasteiger partial charge in [0.05, 0.1) is 11.9 Å². The van der Waals surface area contributed by atoms with E-state index in [9.17, 15) is 4.79 Å². The van der Waals surface area contributed by atoms with Crippen molar-refractivity contribution < 1.29 is 9.42 Å². The number of carbonyl (C=O) groups excluding carboxylic acids is 1. The first-order valence-corrected chi connectivity index (χ1v) is 9.65. The third kappa shape index (κ3) is 4.33. The predicted molar refractivity (Wildman–Crippen MR) is 109 cm³/mol. The minimum Gasteiger partial charge on any atom is -0.378 e. The van der Waals surface area contributed by atoms with Crippen molar-refractivity contribution >= 4 is 29.7 Å². The standard InChI is InChI=1S/C18H15N9O2S/c19-16-17(25-29-24-16)27-14(11-30-13-6-2-1-3-7-13)15(22-26-27)18(28)23-21-10-12-5-4-8-20-9-12/h1-10H,11H2,(H2,19,24)(H,23,28)/b21-10+. The minimum atomic E-state index is -0.528. The summed E-state index contributed by atoms with van der Waals surface area (Å²) in [6.07, 6.45) is 4.75. The van der Waals surface area contributed by atoms with Crippen LogP contribution in [-0.2, 0) is 5.75 Å². The van der Waals surface area contributed by atoms with Crippen molar-refractivity contribution in [1.29, 1.82) is 0 Å². The zero-order valence-electron chi connectivity index (χ0n) is 15.4. The van der Waals surface area contributed by atoms with E-state index < -0.39 is 5.91 Å². The molecule has 11 nitrogen and oxygen atoms in total. The van der Waals surface area contributed by atoms with Gasteiger partial charge in [-0.3, -0.25) is 9.78 Å². The topological polar surface area (TPSA) is 150 Å². The monoisotopic (exact) mass is 421 g/mol. The molecule has 3 N–H and O–H groups in total. The van der Waals surface area contributed by atoms with E-state index in [1.54, 1.807) is 24.5 Å². The fraction of sp³-hybridized carbons (Fsp3) is 0.0556. The number of amides is 1. The van der Waals surface area contributed by atoms with E-state index in [-0.39, 0.29) is 17.3 Å². The third-order valence-corrected chi connectivity index (χ3v) is 4.88. The van der Waals surface area contributed by atoms with Gasteiger partial charge in [-0.1, -0.05) is 29.5 Å². The van der Waals surface area contributed by atoms with Gasteiger partial charge in [0.25, 0.3) is 5.91 Å². The van der Waals surface area contributed by atoms with Gasteiger partial charge in [0.2, 0.25) is 11.6 Å². The van der Waals surface area contributed by atoms with Gasteiger partial charge in [-0.25, -0.2) is 10.1 Å². The van der Waals surface area contributed by atoms with Gasteiger partial charge < -0.3 is 5.73 Å². The second-order valence-corrected chi connectivity index (χ2v) is 6.91. The molecule has 0 unspecified atom stereocenters. The average Bonchev–Trinajstić information content (AvgIpc) is 3.39. The zero-order valence-corrected chi connectivity index (χ0v) is 16.2. The maximum atomic E-state index is 12.7. The molecule has 0 aliphatic carbocycles. The molecule has 0 saturated carbocycles. The molecule has 0 bridgehead atoms. The van der Waals surface area contributed by atoms with Crippen molar-refractivity contribution in [2.75, 3.05) is 5.73 Å². The van der Waals surface area contributed by atoms with Crippen molar-refractivity contribution in [3.63, 3.8) is 0 Å². The van der Waals surface area contributed by atoms with E-state index in [2.05, 4.69) is 40.8 Å². The molecule has 0 radical (unpaired) electrons. The lowest BCUT2D eigenvalue weighted by atomic mass is 10.3. The molecular formula is C18H15N9O2S. The van der Waals surface area contributed by atoms with Crippen LogP contribution < -0.4 is 11.2 Å². The quantitative estimate of drug-likeness (QED) is 0.258. The van der Waals surface area contributed by atoms with Gasteiger partial charge in [-0.2, -0.15) is 9.78 Å². The van der Waals surface area contributed by atoms with Crippen molar-refractivity contribution in [2.24, 2.45) is 5.10 Å². The maximum Gasteiger partial charge on any atom is 0.293 e. The molecule has 0 aliphatic heterocycles. The lowest BCUT2D eigenvalue weighted by Crippen LogP contribution is -2.20. The van der Waals surface area contributed by atoms with Crippen LogP contribution >= 0.6 is 11.8 Å². The number of carbonyl (C=O) groups is 1. The molecule has 4 aromatic rings. The lowest BCUT2D eigenvalue weighted by Gasteiger charge is -2.05. The summed E-state index contributed by atoms with van der Waals surface area (Å²) in [5, 5.41) is 19.2. The molecule has 30 heavy (non-hydrogen) atoms. The molecule has 1 aromatic carbocycles. The first kappa shape index (κ1) is 19.3. The molecule has 3 aromatic heterocycles. The summed E-state index contributed by atoms with van der Waals surface area (Å²) in [6.45, 7) is 0. The molecule has 3 heterocycles. The van der Waals surface area contributed by atoms with Crippen LogP contribution in [0.25, 0.3) is 5.82 Å². The molecule has 0 saturated heterocycles. The summed E-state index contributed by atoms with van der Waals surface area (Å²) in [5.41, 5.74) is 9.53. The largest absolute Gasteiger partial charge is 0.378 e. The summed E-state index contributed by atoms with van der Waals surface area (Å²) < 4.78 is 5.99. The second-order valence-electron chi connectivity index (χ2n) is 5.86. The molecule has 0 fully saturated rings. The average molecular weight is 421 g/mol. The molecule has 12 heteroatoms. The van der Waals surface area contributed by atoms with Gasteiger partial charge in [0.1, 0.15) is 0 Å². The van der Waals surface area contributed by atoms with E-state index in [4.69, 9.17) is 5.73 Å². The number of aromatic nitrogens is 6. The minimum absolute atomic E-state index is 0.0346. The first-order valence-electron chi connectivity index (χ1n) is 8.66. The Bertz CT molecular complexity index is 1160. The summed E-state index contributed by atoms with van der Waals surface area (Å²) in [7, 11) is 0. The van der Waals surface area contributed by atoms with Crippen LogP contribution in [0.2, 0.25) is 0 Å². The number of nitrogen functional groups attached to an aromatic ring is 1. The summed E-state index contributed by atoms with van der Waals surface area (Å²) >= 11 is 1.50. The normalized spacial score (nSPS) is 11.1. The Hall–Kier alpha value is -4.06. The number of rotatable bonds is 7. The van der Waals surface area contributed by atoms with Crippen molar-refractivity contribution in [3.8, 4) is 5.82 Å². The number of benzene rings is 1. The Labute approximate surface area is 174 Å². The number of nitrogens with one attached hydrogen (secondary N) is 1. The fourth-order valence-corrected chi connectivity index (χ4v) is 3.37. The Morgan fingerprint density at radius 1 is 1.23 bits per heavy atom. The number of anilines is 1. The molecule has 0 aliphatic rings. The van der Waals surface area contributed by atoms with E-state index >= 15 is 0 Å². The van der Waals surface area contributed by atoms with Crippen LogP contribution in [0.1, 0.15) is 21.7 Å². The van der Waals surface area contributed by atoms with Crippen LogP contribution in [0.3, 0.4) is 0 Å². The summed E-state index contributed by atoms with van der Waals surface area (Å²) in [5.74, 6) is 0.0369. The Balaban J connectivity index is 1.58. The number of nitrogens with zero attached hydrogens (tertiary/aromatic N) is 7. The second kappa shape index (κ2) is 8.96. The molecule has 4 rings (SSSR count). The van der Waals surface area contributed by atoms with Crippen LogP contribution in [0.5, 0.6) is 0 Å². The highest BCUT2D eigenvalue weighted by Crippen LogP contribution is 2.25. The fourth-order valence-electron chi connectivity index (χ4n) is 2.45. The summed E-state index contributed by atoms with van der Waals surface area (Å²) in [6, 6.07) is 13.3. The van der Waals surface area contributed by atoms with E-state index in [0.29, 0.717) is 11.4 Å². The van der Waals surface area contributed by atoms with Crippen molar-refractivity contribution in [1.82, 2.24) is 35.7 Å². The van der Waals surface area contributed by atoms with Gasteiger partial charge >= 0.3 is 0 Å². The van der Waals surface area contributed by atoms with Gasteiger partial charge in [0.15, 0.2) is 5.69 Å². The SMILES string of the molecule is Nc1nonc1-n1nnc(C(=O)N/N=C/c2cccnc2)c1CSc1ccccc1. The van der Waals surface area contributed by atoms with Crippen molar-refractivity contribution in [2.45, 2.75) is 10.6 Å².